The Kier molecular flexibility index (Phi) is 7.55. The molecule has 20 heavy (non-hydrogen) atoms. The topological polar surface area (TPSA) is 12.9 Å². The molecule has 0 aliphatic rings. The van der Waals surface area contributed by atoms with Crippen molar-refractivity contribution >= 4 is 32.9 Å². The molecule has 0 aliphatic heterocycles. The lowest BCUT2D eigenvalue weighted by molar-refractivity contribution is 0.707. The smallest absolute Gasteiger partial charge is 0.0969 e. The summed E-state index contributed by atoms with van der Waals surface area (Å²) >= 11 is 1.74. The molecule has 4 heteroatoms. The Bertz CT molecular complexity index is 482. The lowest BCUT2D eigenvalue weighted by Crippen LogP contribution is -1.89. The van der Waals surface area contributed by atoms with Gasteiger partial charge in [0.05, 0.1) is 5.01 Å². The molecule has 1 aromatic heterocycles. The number of nitrogens with zero attached hydrogens (tertiary/aromatic N) is 1. The molecule has 1 heterocycles. The Balaban J connectivity index is 1.81. The average molecular weight is 324 g/mol. The van der Waals surface area contributed by atoms with Crippen molar-refractivity contribution < 1.29 is 0 Å². The van der Waals surface area contributed by atoms with Crippen LogP contribution in [0.5, 0.6) is 0 Å². The van der Waals surface area contributed by atoms with Gasteiger partial charge in [-0.05, 0) is 18.1 Å². The highest BCUT2D eigenvalue weighted by Gasteiger charge is 2.05. The number of rotatable bonds is 9. The summed E-state index contributed by atoms with van der Waals surface area (Å²) in [7, 11) is 3.90. The van der Waals surface area contributed by atoms with E-state index < -0.39 is 0 Å². The lowest BCUT2D eigenvalue weighted by atomic mass is 10.2. The van der Waals surface area contributed by atoms with Crippen molar-refractivity contribution in [2.75, 3.05) is 5.75 Å². The number of benzene rings is 1. The van der Waals surface area contributed by atoms with Crippen molar-refractivity contribution in [1.29, 1.82) is 0 Å². The number of hydrogen-bond donors (Lipinski definition) is 0. The normalized spacial score (nSPS) is 10.8. The van der Waals surface area contributed by atoms with Gasteiger partial charge in [-0.15, -0.1) is 11.3 Å². The number of hydrogen-bond acceptors (Lipinski definition) is 4. The van der Waals surface area contributed by atoms with Crippen LogP contribution in [0.4, 0.5) is 0 Å². The summed E-state index contributed by atoms with van der Waals surface area (Å²) in [6.45, 7) is 2.26. The monoisotopic (exact) mass is 323 g/mol. The zero-order valence-corrected chi connectivity index (χ0v) is 14.3. The molecule has 2 aromatic rings. The van der Waals surface area contributed by atoms with Gasteiger partial charge in [0.2, 0.25) is 0 Å². The van der Waals surface area contributed by atoms with Crippen LogP contribution in [0.25, 0.3) is 0 Å². The number of aromatic nitrogens is 1. The molecule has 0 aliphatic carbocycles. The SMILES string of the molecule is CCCCCCSSc1ccccc1Cc1nccs1. The van der Waals surface area contributed by atoms with Crippen molar-refractivity contribution in [2.24, 2.45) is 0 Å². The van der Waals surface area contributed by atoms with Gasteiger partial charge in [-0.1, -0.05) is 66.0 Å². The van der Waals surface area contributed by atoms with Gasteiger partial charge in [0, 0.05) is 28.6 Å². The molecule has 0 radical (unpaired) electrons. The van der Waals surface area contributed by atoms with Crippen LogP contribution >= 0.6 is 32.9 Å². The summed E-state index contributed by atoms with van der Waals surface area (Å²) < 4.78 is 0. The molecule has 2 rings (SSSR count). The van der Waals surface area contributed by atoms with E-state index in [1.807, 2.05) is 33.2 Å². The van der Waals surface area contributed by atoms with E-state index >= 15 is 0 Å². The fraction of sp³-hybridized carbons (Fsp3) is 0.438. The van der Waals surface area contributed by atoms with Gasteiger partial charge in [-0.2, -0.15) is 0 Å². The minimum atomic E-state index is 0.956. The van der Waals surface area contributed by atoms with Crippen LogP contribution in [0.15, 0.2) is 40.7 Å². The highest BCUT2D eigenvalue weighted by Crippen LogP contribution is 2.35. The van der Waals surface area contributed by atoms with Gasteiger partial charge in [0.15, 0.2) is 0 Å². The van der Waals surface area contributed by atoms with Crippen LogP contribution in [0.2, 0.25) is 0 Å². The third-order valence-electron chi connectivity index (χ3n) is 3.03. The average Bonchev–Trinajstić information content (AvgIpc) is 2.97. The molecular weight excluding hydrogens is 302 g/mol. The van der Waals surface area contributed by atoms with E-state index in [2.05, 4.69) is 36.2 Å². The van der Waals surface area contributed by atoms with E-state index in [1.54, 1.807) is 11.3 Å². The van der Waals surface area contributed by atoms with E-state index in [1.165, 1.54) is 46.9 Å². The first-order valence-corrected chi connectivity index (χ1v) is 10.4. The minimum absolute atomic E-state index is 0.956. The van der Waals surface area contributed by atoms with Crippen LogP contribution in [0, 0.1) is 0 Å². The molecule has 0 bridgehead atoms. The first kappa shape index (κ1) is 15.9. The Morgan fingerprint density at radius 1 is 1.15 bits per heavy atom. The molecule has 0 N–H and O–H groups in total. The maximum atomic E-state index is 4.39. The Hall–Kier alpha value is -0.450. The van der Waals surface area contributed by atoms with E-state index in [0.717, 1.165) is 6.42 Å². The summed E-state index contributed by atoms with van der Waals surface area (Å²) in [4.78, 5) is 5.78. The fourth-order valence-corrected chi connectivity index (χ4v) is 4.95. The van der Waals surface area contributed by atoms with Crippen molar-refractivity contribution in [3.05, 3.63) is 46.4 Å². The summed E-state index contributed by atoms with van der Waals surface area (Å²) in [6.07, 6.45) is 8.22. The second-order valence-electron chi connectivity index (χ2n) is 4.68. The summed E-state index contributed by atoms with van der Waals surface area (Å²) in [5, 5.41) is 3.25. The molecule has 0 saturated heterocycles. The van der Waals surface area contributed by atoms with Crippen molar-refractivity contribution in [3.63, 3.8) is 0 Å². The Labute approximate surface area is 134 Å². The second kappa shape index (κ2) is 9.48. The van der Waals surface area contributed by atoms with Gasteiger partial charge < -0.3 is 0 Å². The zero-order chi connectivity index (χ0) is 14.0. The molecule has 0 saturated carbocycles. The van der Waals surface area contributed by atoms with Crippen LogP contribution in [0.3, 0.4) is 0 Å². The molecule has 1 aromatic carbocycles. The van der Waals surface area contributed by atoms with Crippen LogP contribution in [-0.4, -0.2) is 10.7 Å². The fourth-order valence-electron chi connectivity index (χ4n) is 1.93. The molecule has 108 valence electrons. The van der Waals surface area contributed by atoms with Gasteiger partial charge in [0.25, 0.3) is 0 Å². The van der Waals surface area contributed by atoms with Gasteiger partial charge in [-0.3, -0.25) is 0 Å². The zero-order valence-electron chi connectivity index (χ0n) is 11.9. The maximum Gasteiger partial charge on any atom is 0.0969 e. The van der Waals surface area contributed by atoms with Crippen LogP contribution in [0.1, 0.15) is 43.2 Å². The van der Waals surface area contributed by atoms with Gasteiger partial charge in [-0.25, -0.2) is 4.98 Å². The highest BCUT2D eigenvalue weighted by molar-refractivity contribution is 8.76. The second-order valence-corrected chi connectivity index (χ2v) is 8.11. The van der Waals surface area contributed by atoms with Crippen molar-refractivity contribution in [2.45, 2.75) is 43.9 Å². The van der Waals surface area contributed by atoms with E-state index in [-0.39, 0.29) is 0 Å². The minimum Gasteiger partial charge on any atom is -0.249 e. The van der Waals surface area contributed by atoms with Crippen LogP contribution in [-0.2, 0) is 6.42 Å². The quantitative estimate of drug-likeness (QED) is 0.411. The van der Waals surface area contributed by atoms with Crippen molar-refractivity contribution in [1.82, 2.24) is 4.98 Å². The summed E-state index contributed by atoms with van der Waals surface area (Å²) in [5.41, 5.74) is 1.40. The first-order chi connectivity index (χ1) is 9.90. The predicted molar refractivity (Wildman–Crippen MR) is 93.8 cm³/mol. The van der Waals surface area contributed by atoms with Gasteiger partial charge >= 0.3 is 0 Å². The summed E-state index contributed by atoms with van der Waals surface area (Å²) in [6, 6.07) is 8.71. The molecule has 0 spiro atoms. The maximum absolute atomic E-state index is 4.39. The molecule has 0 atom stereocenters. The molecule has 0 unspecified atom stereocenters. The lowest BCUT2D eigenvalue weighted by Gasteiger charge is -2.07. The Morgan fingerprint density at radius 3 is 2.85 bits per heavy atom. The molecule has 0 amide bonds. The number of thiazole rings is 1. The molecular formula is C16H21NS3. The van der Waals surface area contributed by atoms with E-state index in [9.17, 15) is 0 Å². The van der Waals surface area contributed by atoms with E-state index in [4.69, 9.17) is 0 Å². The van der Waals surface area contributed by atoms with E-state index in [0.29, 0.717) is 0 Å². The van der Waals surface area contributed by atoms with Crippen LogP contribution < -0.4 is 0 Å². The predicted octanol–water partition coefficient (Wildman–Crippen LogP) is 6.05. The van der Waals surface area contributed by atoms with Gasteiger partial charge in [0.1, 0.15) is 0 Å². The third-order valence-corrected chi connectivity index (χ3v) is 6.35. The first-order valence-electron chi connectivity index (χ1n) is 7.16. The van der Waals surface area contributed by atoms with Crippen molar-refractivity contribution in [3.8, 4) is 0 Å². The third kappa shape index (κ3) is 5.51. The Morgan fingerprint density at radius 2 is 2.05 bits per heavy atom. The largest absolute Gasteiger partial charge is 0.249 e. The number of unbranched alkanes of at least 4 members (excludes halogenated alkanes) is 3. The highest BCUT2D eigenvalue weighted by atomic mass is 33.1. The molecule has 1 nitrogen and oxygen atoms in total. The standard InChI is InChI=1S/C16H21NS3/c1-2-3-4-7-11-19-20-15-9-6-5-8-14(15)13-16-17-10-12-18-16/h5-6,8-10,12H,2-4,7,11,13H2,1H3. The summed E-state index contributed by atoms with van der Waals surface area (Å²) in [5.74, 6) is 1.25. The molecule has 0 fully saturated rings.